The zero-order valence-corrected chi connectivity index (χ0v) is 10.3. The summed E-state index contributed by atoms with van der Waals surface area (Å²) >= 11 is 0. The molecular weight excluding hydrogens is 234 g/mol. The SMILES string of the molecule is COc1cc(C(N)CCC(=O)O)cc2c1OCC2. The molecule has 18 heavy (non-hydrogen) atoms. The van der Waals surface area contributed by atoms with Crippen LogP contribution in [0.1, 0.15) is 30.0 Å². The average molecular weight is 251 g/mol. The molecule has 0 saturated carbocycles. The molecule has 2 rings (SSSR count). The average Bonchev–Trinajstić information content (AvgIpc) is 2.82. The maximum Gasteiger partial charge on any atom is 0.303 e. The number of hydrogen-bond donors (Lipinski definition) is 2. The number of carboxylic acid groups (broad SMARTS) is 1. The lowest BCUT2D eigenvalue weighted by Crippen LogP contribution is -2.12. The van der Waals surface area contributed by atoms with Crippen LogP contribution in [0.2, 0.25) is 0 Å². The molecule has 1 aromatic carbocycles. The summed E-state index contributed by atoms with van der Waals surface area (Å²) in [5.41, 5.74) is 7.98. The highest BCUT2D eigenvalue weighted by molar-refractivity contribution is 5.66. The van der Waals surface area contributed by atoms with E-state index >= 15 is 0 Å². The Balaban J connectivity index is 2.20. The first-order chi connectivity index (χ1) is 8.61. The van der Waals surface area contributed by atoms with Crippen molar-refractivity contribution in [3.8, 4) is 11.5 Å². The fourth-order valence-corrected chi connectivity index (χ4v) is 2.11. The molecule has 3 N–H and O–H groups in total. The summed E-state index contributed by atoms with van der Waals surface area (Å²) in [6, 6.07) is 3.52. The molecule has 0 spiro atoms. The first-order valence-electron chi connectivity index (χ1n) is 5.92. The van der Waals surface area contributed by atoms with Gasteiger partial charge in [-0.25, -0.2) is 0 Å². The summed E-state index contributed by atoms with van der Waals surface area (Å²) in [5.74, 6) is 0.624. The van der Waals surface area contributed by atoms with Gasteiger partial charge in [-0.3, -0.25) is 4.79 Å². The van der Waals surface area contributed by atoms with Crippen LogP contribution in [-0.2, 0) is 11.2 Å². The van der Waals surface area contributed by atoms with Crippen LogP contribution in [0.3, 0.4) is 0 Å². The molecule has 0 bridgehead atoms. The van der Waals surface area contributed by atoms with Gasteiger partial charge in [-0.15, -0.1) is 0 Å². The molecule has 98 valence electrons. The molecule has 1 atom stereocenters. The fourth-order valence-electron chi connectivity index (χ4n) is 2.11. The van der Waals surface area contributed by atoms with Gasteiger partial charge in [-0.1, -0.05) is 6.07 Å². The molecule has 0 aromatic heterocycles. The van der Waals surface area contributed by atoms with Gasteiger partial charge in [-0.2, -0.15) is 0 Å². The number of carboxylic acids is 1. The summed E-state index contributed by atoms with van der Waals surface area (Å²) in [6.07, 6.45) is 1.32. The molecule has 1 aromatic rings. The van der Waals surface area contributed by atoms with Crippen LogP contribution in [0.15, 0.2) is 12.1 Å². The van der Waals surface area contributed by atoms with Crippen LogP contribution in [0.25, 0.3) is 0 Å². The number of rotatable bonds is 5. The normalized spacial score (nSPS) is 14.8. The lowest BCUT2D eigenvalue weighted by atomic mass is 9.99. The van der Waals surface area contributed by atoms with Crippen LogP contribution in [-0.4, -0.2) is 24.8 Å². The van der Waals surface area contributed by atoms with Crippen molar-refractivity contribution in [3.05, 3.63) is 23.3 Å². The lowest BCUT2D eigenvalue weighted by molar-refractivity contribution is -0.137. The highest BCUT2D eigenvalue weighted by atomic mass is 16.5. The molecule has 5 nitrogen and oxygen atoms in total. The minimum absolute atomic E-state index is 0.0665. The van der Waals surface area contributed by atoms with Crippen molar-refractivity contribution in [2.75, 3.05) is 13.7 Å². The zero-order valence-electron chi connectivity index (χ0n) is 10.3. The van der Waals surface area contributed by atoms with Crippen LogP contribution >= 0.6 is 0 Å². The number of fused-ring (bicyclic) bond motifs is 1. The van der Waals surface area contributed by atoms with E-state index in [1.54, 1.807) is 7.11 Å². The highest BCUT2D eigenvalue weighted by Crippen LogP contribution is 2.38. The third-order valence-corrected chi connectivity index (χ3v) is 3.09. The second-order valence-electron chi connectivity index (χ2n) is 4.35. The van der Waals surface area contributed by atoms with E-state index in [1.807, 2.05) is 12.1 Å². The Hall–Kier alpha value is -1.75. The molecule has 0 aliphatic carbocycles. The van der Waals surface area contributed by atoms with Gasteiger partial charge in [-0.05, 0) is 18.1 Å². The number of benzene rings is 1. The third-order valence-electron chi connectivity index (χ3n) is 3.09. The Kier molecular flexibility index (Phi) is 3.72. The zero-order chi connectivity index (χ0) is 13.1. The van der Waals surface area contributed by atoms with E-state index in [-0.39, 0.29) is 12.5 Å². The minimum atomic E-state index is -0.832. The van der Waals surface area contributed by atoms with Crippen LogP contribution in [0.5, 0.6) is 11.5 Å². The molecule has 1 aliphatic heterocycles. The minimum Gasteiger partial charge on any atom is -0.493 e. The van der Waals surface area contributed by atoms with Crippen molar-refractivity contribution in [1.29, 1.82) is 0 Å². The largest absolute Gasteiger partial charge is 0.493 e. The van der Waals surface area contributed by atoms with Crippen LogP contribution in [0.4, 0.5) is 0 Å². The summed E-state index contributed by atoms with van der Waals surface area (Å²) < 4.78 is 10.8. The topological polar surface area (TPSA) is 81.8 Å². The molecule has 1 heterocycles. The number of nitrogens with two attached hydrogens (primary N) is 1. The standard InChI is InChI=1S/C13H17NO4/c1-17-11-7-9(10(14)2-3-12(15)16)6-8-4-5-18-13(8)11/h6-7,10H,2-5,14H2,1H3,(H,15,16). The lowest BCUT2D eigenvalue weighted by Gasteiger charge is -2.14. The van der Waals surface area contributed by atoms with Gasteiger partial charge in [0.25, 0.3) is 0 Å². The molecule has 1 aliphatic rings. The number of hydrogen-bond acceptors (Lipinski definition) is 4. The summed E-state index contributed by atoms with van der Waals surface area (Å²) in [6.45, 7) is 0.652. The Morgan fingerprint density at radius 3 is 3.06 bits per heavy atom. The Bertz CT molecular complexity index is 459. The van der Waals surface area contributed by atoms with Gasteiger partial charge in [0.05, 0.1) is 13.7 Å². The van der Waals surface area contributed by atoms with Crippen molar-refractivity contribution in [2.24, 2.45) is 5.73 Å². The Labute approximate surface area is 106 Å². The van der Waals surface area contributed by atoms with Gasteiger partial charge in [0.15, 0.2) is 11.5 Å². The second kappa shape index (κ2) is 5.27. The van der Waals surface area contributed by atoms with Gasteiger partial charge < -0.3 is 20.3 Å². The molecule has 0 radical (unpaired) electrons. The smallest absolute Gasteiger partial charge is 0.303 e. The van der Waals surface area contributed by atoms with E-state index in [2.05, 4.69) is 0 Å². The number of aliphatic carboxylic acids is 1. The van der Waals surface area contributed by atoms with Gasteiger partial charge in [0.2, 0.25) is 0 Å². The molecule has 5 heteroatoms. The monoisotopic (exact) mass is 251 g/mol. The fraction of sp³-hybridized carbons (Fsp3) is 0.462. The van der Waals surface area contributed by atoms with E-state index < -0.39 is 5.97 Å². The van der Waals surface area contributed by atoms with E-state index in [1.165, 1.54) is 0 Å². The molecule has 0 fully saturated rings. The van der Waals surface area contributed by atoms with E-state index in [4.69, 9.17) is 20.3 Å². The summed E-state index contributed by atoms with van der Waals surface area (Å²) in [7, 11) is 1.59. The molecule has 0 amide bonds. The van der Waals surface area contributed by atoms with Crippen molar-refractivity contribution >= 4 is 5.97 Å². The second-order valence-corrected chi connectivity index (χ2v) is 4.35. The Morgan fingerprint density at radius 1 is 1.61 bits per heavy atom. The predicted molar refractivity (Wildman–Crippen MR) is 66.0 cm³/mol. The summed E-state index contributed by atoms with van der Waals surface area (Å²) in [5, 5.41) is 8.66. The van der Waals surface area contributed by atoms with Crippen molar-refractivity contribution in [3.63, 3.8) is 0 Å². The van der Waals surface area contributed by atoms with E-state index in [0.29, 0.717) is 18.8 Å². The maximum atomic E-state index is 10.5. The van der Waals surface area contributed by atoms with Crippen molar-refractivity contribution in [1.82, 2.24) is 0 Å². The van der Waals surface area contributed by atoms with Gasteiger partial charge in [0.1, 0.15) is 0 Å². The molecule has 0 saturated heterocycles. The summed E-state index contributed by atoms with van der Waals surface area (Å²) in [4.78, 5) is 10.5. The van der Waals surface area contributed by atoms with Crippen molar-refractivity contribution < 1.29 is 19.4 Å². The highest BCUT2D eigenvalue weighted by Gasteiger charge is 2.20. The van der Waals surface area contributed by atoms with Crippen molar-refractivity contribution in [2.45, 2.75) is 25.3 Å². The third kappa shape index (κ3) is 2.56. The molecule has 1 unspecified atom stereocenters. The number of carbonyl (C=O) groups is 1. The Morgan fingerprint density at radius 2 is 2.39 bits per heavy atom. The first-order valence-corrected chi connectivity index (χ1v) is 5.92. The maximum absolute atomic E-state index is 10.5. The van der Waals surface area contributed by atoms with Gasteiger partial charge in [0, 0.05) is 24.4 Å². The molecular formula is C13H17NO4. The number of methoxy groups -OCH3 is 1. The van der Waals surface area contributed by atoms with E-state index in [9.17, 15) is 4.79 Å². The van der Waals surface area contributed by atoms with E-state index in [0.717, 1.165) is 23.3 Å². The van der Waals surface area contributed by atoms with Crippen LogP contribution < -0.4 is 15.2 Å². The van der Waals surface area contributed by atoms with Gasteiger partial charge >= 0.3 is 5.97 Å². The number of ether oxygens (including phenoxy) is 2. The van der Waals surface area contributed by atoms with Crippen LogP contribution in [0, 0.1) is 0 Å². The quantitative estimate of drug-likeness (QED) is 0.828. The first kappa shape index (κ1) is 12.7. The predicted octanol–water partition coefficient (Wildman–Crippen LogP) is 1.49.